The van der Waals surface area contributed by atoms with Gasteiger partial charge in [-0.2, -0.15) is 10.4 Å². The standard InChI is InChI=1S/C16H16N4O/c1-11(8-17)20-10-14(9-19-20)12-4-5-15-13(7-12)3-2-6-18-16(15)21/h4-5,7,9-11H,2-3,6H2,1H3,(H,18,21). The van der Waals surface area contributed by atoms with Gasteiger partial charge in [0.15, 0.2) is 0 Å². The highest BCUT2D eigenvalue weighted by molar-refractivity contribution is 5.96. The molecule has 1 atom stereocenters. The first-order valence-corrected chi connectivity index (χ1v) is 7.04. The van der Waals surface area contributed by atoms with Crippen LogP contribution in [0.1, 0.15) is 35.3 Å². The summed E-state index contributed by atoms with van der Waals surface area (Å²) in [6.45, 7) is 2.53. The zero-order chi connectivity index (χ0) is 14.8. The summed E-state index contributed by atoms with van der Waals surface area (Å²) in [5.41, 5.74) is 3.82. The summed E-state index contributed by atoms with van der Waals surface area (Å²) in [6, 6.07) is 7.73. The second-order valence-electron chi connectivity index (χ2n) is 5.25. The van der Waals surface area contributed by atoms with E-state index in [0.717, 1.165) is 41.6 Å². The lowest BCUT2D eigenvalue weighted by Crippen LogP contribution is -2.22. The number of rotatable bonds is 2. The predicted molar refractivity (Wildman–Crippen MR) is 78.6 cm³/mol. The third-order valence-electron chi connectivity index (χ3n) is 3.78. The van der Waals surface area contributed by atoms with Gasteiger partial charge in [-0.1, -0.05) is 12.1 Å². The Morgan fingerprint density at radius 2 is 2.29 bits per heavy atom. The first-order chi connectivity index (χ1) is 10.2. The molecule has 5 nitrogen and oxygen atoms in total. The molecule has 1 unspecified atom stereocenters. The summed E-state index contributed by atoms with van der Waals surface area (Å²) in [6.07, 6.45) is 5.47. The van der Waals surface area contributed by atoms with E-state index in [-0.39, 0.29) is 11.9 Å². The van der Waals surface area contributed by atoms with E-state index in [1.54, 1.807) is 17.8 Å². The SMILES string of the molecule is CC(C#N)n1cc(-c2ccc3c(c2)CCCNC3=O)cn1. The van der Waals surface area contributed by atoms with Crippen LogP contribution in [-0.4, -0.2) is 22.2 Å². The number of benzene rings is 1. The van der Waals surface area contributed by atoms with Gasteiger partial charge in [-0.15, -0.1) is 0 Å². The molecule has 1 amide bonds. The van der Waals surface area contributed by atoms with Gasteiger partial charge in [-0.05, 0) is 37.0 Å². The summed E-state index contributed by atoms with van der Waals surface area (Å²) in [5, 5.41) is 16.1. The Morgan fingerprint density at radius 3 is 3.10 bits per heavy atom. The van der Waals surface area contributed by atoms with Crippen molar-refractivity contribution in [1.82, 2.24) is 15.1 Å². The number of aromatic nitrogens is 2. The van der Waals surface area contributed by atoms with Gasteiger partial charge in [-0.25, -0.2) is 0 Å². The Bertz CT molecular complexity index is 726. The molecule has 1 aliphatic rings. The summed E-state index contributed by atoms with van der Waals surface area (Å²) < 4.78 is 1.65. The first-order valence-electron chi connectivity index (χ1n) is 7.04. The van der Waals surface area contributed by atoms with Crippen LogP contribution in [0.3, 0.4) is 0 Å². The zero-order valence-corrected chi connectivity index (χ0v) is 11.8. The first kappa shape index (κ1) is 13.4. The Morgan fingerprint density at radius 1 is 1.43 bits per heavy atom. The average molecular weight is 280 g/mol. The molecule has 21 heavy (non-hydrogen) atoms. The average Bonchev–Trinajstić information content (AvgIpc) is 2.93. The second kappa shape index (κ2) is 5.41. The van der Waals surface area contributed by atoms with E-state index in [0.29, 0.717) is 0 Å². The smallest absolute Gasteiger partial charge is 0.251 e. The monoisotopic (exact) mass is 280 g/mol. The number of carbonyl (C=O) groups is 1. The molecule has 0 spiro atoms. The van der Waals surface area contributed by atoms with Crippen molar-refractivity contribution in [3.05, 3.63) is 41.7 Å². The Kier molecular flexibility index (Phi) is 3.44. The van der Waals surface area contributed by atoms with Crippen molar-refractivity contribution in [3.63, 3.8) is 0 Å². The lowest BCUT2D eigenvalue weighted by atomic mass is 9.98. The molecule has 0 bridgehead atoms. The van der Waals surface area contributed by atoms with Crippen molar-refractivity contribution in [3.8, 4) is 17.2 Å². The summed E-state index contributed by atoms with van der Waals surface area (Å²) in [7, 11) is 0. The minimum atomic E-state index is -0.287. The maximum Gasteiger partial charge on any atom is 0.251 e. The maximum atomic E-state index is 11.9. The van der Waals surface area contributed by atoms with Crippen LogP contribution in [0.5, 0.6) is 0 Å². The molecule has 0 saturated carbocycles. The number of carbonyl (C=O) groups excluding carboxylic acids is 1. The van der Waals surface area contributed by atoms with Crippen molar-refractivity contribution in [2.24, 2.45) is 0 Å². The Hall–Kier alpha value is -2.61. The van der Waals surface area contributed by atoms with Crippen LogP contribution >= 0.6 is 0 Å². The molecule has 0 saturated heterocycles. The molecule has 1 aromatic heterocycles. The topological polar surface area (TPSA) is 70.7 Å². The molecule has 3 rings (SSSR count). The quantitative estimate of drug-likeness (QED) is 0.917. The number of aryl methyl sites for hydroxylation is 1. The van der Waals surface area contributed by atoms with Crippen LogP contribution in [0.15, 0.2) is 30.6 Å². The zero-order valence-electron chi connectivity index (χ0n) is 11.8. The summed E-state index contributed by atoms with van der Waals surface area (Å²) in [4.78, 5) is 11.9. The lowest BCUT2D eigenvalue weighted by molar-refractivity contribution is 0.0956. The van der Waals surface area contributed by atoms with E-state index in [9.17, 15) is 4.79 Å². The predicted octanol–water partition coefficient (Wildman–Crippen LogP) is 2.31. The van der Waals surface area contributed by atoms with Gasteiger partial charge in [0, 0.05) is 23.9 Å². The van der Waals surface area contributed by atoms with E-state index in [1.807, 2.05) is 18.3 Å². The van der Waals surface area contributed by atoms with Crippen molar-refractivity contribution in [2.45, 2.75) is 25.8 Å². The Labute approximate surface area is 123 Å². The highest BCUT2D eigenvalue weighted by Gasteiger charge is 2.16. The molecule has 106 valence electrons. The fourth-order valence-electron chi connectivity index (χ4n) is 2.54. The van der Waals surface area contributed by atoms with Crippen molar-refractivity contribution < 1.29 is 4.79 Å². The second-order valence-corrected chi connectivity index (χ2v) is 5.25. The lowest BCUT2D eigenvalue weighted by Gasteiger charge is -2.06. The molecule has 0 aliphatic carbocycles. The van der Waals surface area contributed by atoms with Crippen LogP contribution in [0.4, 0.5) is 0 Å². The van der Waals surface area contributed by atoms with Crippen LogP contribution in [0.25, 0.3) is 11.1 Å². The molecular formula is C16H16N4O. The van der Waals surface area contributed by atoms with Gasteiger partial charge in [0.05, 0.1) is 12.3 Å². The molecular weight excluding hydrogens is 264 g/mol. The Balaban J connectivity index is 1.97. The molecule has 0 fully saturated rings. The number of nitrogens with zero attached hydrogens (tertiary/aromatic N) is 3. The third-order valence-corrected chi connectivity index (χ3v) is 3.78. The number of nitriles is 1. The normalized spacial score (nSPS) is 15.5. The van der Waals surface area contributed by atoms with Gasteiger partial charge >= 0.3 is 0 Å². The fraction of sp³-hybridized carbons (Fsp3) is 0.312. The van der Waals surface area contributed by atoms with Crippen LogP contribution in [-0.2, 0) is 6.42 Å². The molecule has 2 aromatic rings. The van der Waals surface area contributed by atoms with Gasteiger partial charge in [-0.3, -0.25) is 9.48 Å². The van der Waals surface area contributed by atoms with Crippen molar-refractivity contribution in [1.29, 1.82) is 5.26 Å². The maximum absolute atomic E-state index is 11.9. The van der Waals surface area contributed by atoms with Crippen LogP contribution in [0, 0.1) is 11.3 Å². The fourth-order valence-corrected chi connectivity index (χ4v) is 2.54. The van der Waals surface area contributed by atoms with Crippen molar-refractivity contribution >= 4 is 5.91 Å². The highest BCUT2D eigenvalue weighted by atomic mass is 16.1. The largest absolute Gasteiger partial charge is 0.352 e. The highest BCUT2D eigenvalue weighted by Crippen LogP contribution is 2.25. The summed E-state index contributed by atoms with van der Waals surface area (Å²) in [5.74, 6) is 0.00264. The molecule has 5 heteroatoms. The van der Waals surface area contributed by atoms with Gasteiger partial charge in [0.1, 0.15) is 6.04 Å². The number of amides is 1. The molecule has 2 heterocycles. The van der Waals surface area contributed by atoms with E-state index < -0.39 is 0 Å². The van der Waals surface area contributed by atoms with Gasteiger partial charge in [0.25, 0.3) is 5.91 Å². The van der Waals surface area contributed by atoms with E-state index in [4.69, 9.17) is 5.26 Å². The van der Waals surface area contributed by atoms with Crippen molar-refractivity contribution in [2.75, 3.05) is 6.54 Å². The number of nitrogens with one attached hydrogen (secondary N) is 1. The van der Waals surface area contributed by atoms with Crippen LogP contribution in [0.2, 0.25) is 0 Å². The third kappa shape index (κ3) is 2.52. The van der Waals surface area contributed by atoms with Gasteiger partial charge < -0.3 is 5.32 Å². The molecule has 0 radical (unpaired) electrons. The number of hydrogen-bond donors (Lipinski definition) is 1. The molecule has 1 aromatic carbocycles. The summed E-state index contributed by atoms with van der Waals surface area (Å²) >= 11 is 0. The van der Waals surface area contributed by atoms with E-state index >= 15 is 0 Å². The minimum Gasteiger partial charge on any atom is -0.352 e. The number of hydrogen-bond acceptors (Lipinski definition) is 3. The minimum absolute atomic E-state index is 0.00264. The molecule has 1 aliphatic heterocycles. The van der Waals surface area contributed by atoms with E-state index in [2.05, 4.69) is 22.6 Å². The van der Waals surface area contributed by atoms with Crippen LogP contribution < -0.4 is 5.32 Å². The number of fused-ring (bicyclic) bond motifs is 1. The van der Waals surface area contributed by atoms with E-state index in [1.165, 1.54) is 0 Å². The van der Waals surface area contributed by atoms with Gasteiger partial charge in [0.2, 0.25) is 0 Å². The molecule has 1 N–H and O–H groups in total.